The number of phosphoric ester groups is 2. The summed E-state index contributed by atoms with van der Waals surface area (Å²) in [5, 5.41) is 10.6. The molecule has 19 heteroatoms. The molecule has 0 aliphatic rings. The minimum absolute atomic E-state index is 0.104. The number of ether oxygens (including phenoxy) is 4. The van der Waals surface area contributed by atoms with E-state index in [0.29, 0.717) is 31.6 Å². The number of unbranched alkanes of at least 4 members (excludes halogenated alkanes) is 45. The first-order chi connectivity index (χ1) is 44.5. The zero-order chi connectivity index (χ0) is 67.7. The fourth-order valence-electron chi connectivity index (χ4n) is 11.2. The van der Waals surface area contributed by atoms with Crippen LogP contribution in [0.2, 0.25) is 0 Å². The largest absolute Gasteiger partial charge is 0.472 e. The Morgan fingerprint density at radius 3 is 0.739 bits per heavy atom. The molecule has 0 fully saturated rings. The molecule has 0 bridgehead atoms. The van der Waals surface area contributed by atoms with Gasteiger partial charge in [0.1, 0.15) is 19.3 Å². The van der Waals surface area contributed by atoms with Crippen molar-refractivity contribution in [2.45, 2.75) is 400 Å². The highest BCUT2D eigenvalue weighted by Crippen LogP contribution is 2.45. The Kier molecular flexibility index (Phi) is 64.9. The van der Waals surface area contributed by atoms with Crippen LogP contribution >= 0.6 is 15.6 Å². The fraction of sp³-hybridized carbons (Fsp3) is 0.945. The maximum atomic E-state index is 13.1. The van der Waals surface area contributed by atoms with Crippen LogP contribution in [0.5, 0.6) is 0 Å². The molecule has 0 radical (unpaired) electrons. The van der Waals surface area contributed by atoms with E-state index in [1.165, 1.54) is 205 Å². The van der Waals surface area contributed by atoms with Crippen molar-refractivity contribution in [1.29, 1.82) is 0 Å². The third-order valence-corrected chi connectivity index (χ3v) is 18.9. The molecule has 0 heterocycles. The highest BCUT2D eigenvalue weighted by molar-refractivity contribution is 7.47. The molecule has 0 aromatic rings. The van der Waals surface area contributed by atoms with Crippen LogP contribution in [0.4, 0.5) is 0 Å². The Morgan fingerprint density at radius 1 is 0.293 bits per heavy atom. The Labute approximate surface area is 562 Å². The predicted octanol–water partition coefficient (Wildman–Crippen LogP) is 21.3. The zero-order valence-corrected chi connectivity index (χ0v) is 61.5. The molecular formula is C73H142O17P2. The van der Waals surface area contributed by atoms with Gasteiger partial charge in [-0.1, -0.05) is 330 Å². The van der Waals surface area contributed by atoms with E-state index in [1.54, 1.807) is 0 Å². The van der Waals surface area contributed by atoms with Gasteiger partial charge < -0.3 is 33.8 Å². The second-order valence-electron chi connectivity index (χ2n) is 26.8. The topological polar surface area (TPSA) is 237 Å². The second-order valence-corrected chi connectivity index (χ2v) is 29.7. The molecular weight excluding hydrogens is 1210 g/mol. The minimum atomic E-state index is -4.95. The lowest BCUT2D eigenvalue weighted by molar-refractivity contribution is -0.161. The number of rotatable bonds is 73. The summed E-state index contributed by atoms with van der Waals surface area (Å²) in [6.07, 6.45) is 54.2. The number of carbonyl (C=O) groups is 4. The van der Waals surface area contributed by atoms with E-state index < -0.39 is 97.5 Å². The van der Waals surface area contributed by atoms with Crippen molar-refractivity contribution in [2.75, 3.05) is 39.6 Å². The number of phosphoric acid groups is 2. The van der Waals surface area contributed by atoms with Gasteiger partial charge in [-0.3, -0.25) is 37.3 Å². The average molecular weight is 1350 g/mol. The first kappa shape index (κ1) is 90.1. The van der Waals surface area contributed by atoms with Gasteiger partial charge in [-0.15, -0.1) is 0 Å². The lowest BCUT2D eigenvalue weighted by Gasteiger charge is -2.21. The maximum absolute atomic E-state index is 13.1. The van der Waals surface area contributed by atoms with Crippen LogP contribution < -0.4 is 0 Å². The van der Waals surface area contributed by atoms with Crippen molar-refractivity contribution >= 4 is 39.5 Å². The Bertz CT molecular complexity index is 1770. The third kappa shape index (κ3) is 66.7. The molecule has 0 aliphatic heterocycles. The summed E-state index contributed by atoms with van der Waals surface area (Å²) in [5.74, 6) is -1.42. The van der Waals surface area contributed by atoms with Crippen molar-refractivity contribution < 1.29 is 80.2 Å². The van der Waals surface area contributed by atoms with E-state index in [-0.39, 0.29) is 25.7 Å². The highest BCUT2D eigenvalue weighted by atomic mass is 31.2. The SMILES string of the molecule is CCCCCCCCCCCCCCCCCCCC(=O)O[C@H](COC(=O)CCCCCCCCCCCCCCCCCC)COP(=O)(O)OC[C@@H](O)COP(=O)(O)OC[C@@H](COC(=O)CCCCCCCCCCC)OC(=O)CCCCCCCCCC(C)C. The van der Waals surface area contributed by atoms with E-state index in [1.807, 2.05) is 0 Å². The van der Waals surface area contributed by atoms with Gasteiger partial charge in [0.25, 0.3) is 0 Å². The van der Waals surface area contributed by atoms with Crippen molar-refractivity contribution in [3.63, 3.8) is 0 Å². The first-order valence-electron chi connectivity index (χ1n) is 38.1. The molecule has 17 nitrogen and oxygen atoms in total. The van der Waals surface area contributed by atoms with Crippen molar-refractivity contribution in [3.05, 3.63) is 0 Å². The molecule has 546 valence electrons. The first-order valence-corrected chi connectivity index (χ1v) is 41.1. The van der Waals surface area contributed by atoms with Crippen LogP contribution in [0.25, 0.3) is 0 Å². The number of aliphatic hydroxyl groups is 1. The van der Waals surface area contributed by atoms with Crippen LogP contribution in [-0.4, -0.2) is 96.7 Å². The summed E-state index contributed by atoms with van der Waals surface area (Å²) in [7, 11) is -9.90. The van der Waals surface area contributed by atoms with Crippen LogP contribution in [0.3, 0.4) is 0 Å². The summed E-state index contributed by atoms with van der Waals surface area (Å²) in [4.78, 5) is 72.6. The van der Waals surface area contributed by atoms with Gasteiger partial charge in [0.2, 0.25) is 0 Å². The Morgan fingerprint density at radius 2 is 0.500 bits per heavy atom. The molecule has 0 saturated heterocycles. The van der Waals surface area contributed by atoms with E-state index in [2.05, 4.69) is 34.6 Å². The molecule has 2 unspecified atom stereocenters. The summed E-state index contributed by atoms with van der Waals surface area (Å²) in [6.45, 7) is 7.19. The van der Waals surface area contributed by atoms with Crippen LogP contribution in [0.15, 0.2) is 0 Å². The normalized spacial score (nSPS) is 14.0. The smallest absolute Gasteiger partial charge is 0.462 e. The molecule has 3 N–H and O–H groups in total. The minimum Gasteiger partial charge on any atom is -0.462 e. The number of carbonyl (C=O) groups excluding carboxylic acids is 4. The highest BCUT2D eigenvalue weighted by Gasteiger charge is 2.30. The molecule has 0 aromatic heterocycles. The lowest BCUT2D eigenvalue weighted by Crippen LogP contribution is -2.30. The van der Waals surface area contributed by atoms with E-state index in [4.69, 9.17) is 37.0 Å². The van der Waals surface area contributed by atoms with Gasteiger partial charge in [-0.2, -0.15) is 0 Å². The number of hydrogen-bond acceptors (Lipinski definition) is 15. The molecule has 0 saturated carbocycles. The summed E-state index contributed by atoms with van der Waals surface area (Å²) < 4.78 is 68.3. The molecule has 5 atom stereocenters. The summed E-state index contributed by atoms with van der Waals surface area (Å²) >= 11 is 0. The fourth-order valence-corrected chi connectivity index (χ4v) is 12.8. The van der Waals surface area contributed by atoms with Crippen molar-refractivity contribution in [1.82, 2.24) is 0 Å². The zero-order valence-electron chi connectivity index (χ0n) is 59.7. The number of esters is 4. The third-order valence-electron chi connectivity index (χ3n) is 17.0. The monoisotopic (exact) mass is 1350 g/mol. The Hall–Kier alpha value is -1.94. The van der Waals surface area contributed by atoms with Gasteiger partial charge in [0, 0.05) is 25.7 Å². The van der Waals surface area contributed by atoms with Gasteiger partial charge in [0.15, 0.2) is 12.2 Å². The molecule has 0 aromatic carbocycles. The van der Waals surface area contributed by atoms with Gasteiger partial charge >= 0.3 is 39.5 Å². The predicted molar refractivity (Wildman–Crippen MR) is 372 cm³/mol. The molecule has 0 rings (SSSR count). The summed E-state index contributed by atoms with van der Waals surface area (Å²) in [5.41, 5.74) is 0. The van der Waals surface area contributed by atoms with Crippen molar-refractivity contribution in [2.24, 2.45) is 5.92 Å². The van der Waals surface area contributed by atoms with Crippen LogP contribution in [-0.2, 0) is 65.4 Å². The second kappa shape index (κ2) is 66.3. The standard InChI is InChI=1S/C73H142O17P2/c1-6-9-12-15-18-21-23-25-27-29-31-33-35-38-43-48-53-58-72(77)89-68(62-84-71(76)57-52-47-42-37-34-32-30-28-26-24-22-19-16-13-10-7-2)64-87-91(79,80)85-60-67(74)61-86-92(81,82)88-65-69(63-83-70(75)56-51-46-41-36-20-17-14-11-8-3)90-73(78)59-54-49-44-39-40-45-50-55-66(4)5/h66-69,74H,6-65H2,1-5H3,(H,79,80)(H,81,82)/t67-,68-,69-/m1/s1. The molecule has 92 heavy (non-hydrogen) atoms. The quantitative estimate of drug-likeness (QED) is 0.0222. The van der Waals surface area contributed by atoms with Crippen molar-refractivity contribution in [3.8, 4) is 0 Å². The van der Waals surface area contributed by atoms with E-state index >= 15 is 0 Å². The summed E-state index contributed by atoms with van der Waals surface area (Å²) in [6, 6.07) is 0. The van der Waals surface area contributed by atoms with Gasteiger partial charge in [-0.05, 0) is 31.6 Å². The van der Waals surface area contributed by atoms with Crippen LogP contribution in [0.1, 0.15) is 381 Å². The van der Waals surface area contributed by atoms with Gasteiger partial charge in [0.05, 0.1) is 26.4 Å². The lowest BCUT2D eigenvalue weighted by atomic mass is 10.0. The molecule has 0 amide bonds. The maximum Gasteiger partial charge on any atom is 0.472 e. The number of hydrogen-bond donors (Lipinski definition) is 3. The Balaban J connectivity index is 5.21. The molecule has 0 aliphatic carbocycles. The van der Waals surface area contributed by atoms with Crippen LogP contribution in [0, 0.1) is 5.92 Å². The van der Waals surface area contributed by atoms with E-state index in [0.717, 1.165) is 89.9 Å². The van der Waals surface area contributed by atoms with E-state index in [9.17, 15) is 43.2 Å². The number of aliphatic hydroxyl groups excluding tert-OH is 1. The average Bonchev–Trinajstić information content (AvgIpc) is 3.15. The molecule has 0 spiro atoms. The van der Waals surface area contributed by atoms with Gasteiger partial charge in [-0.25, -0.2) is 9.13 Å².